The van der Waals surface area contributed by atoms with Crippen molar-refractivity contribution in [3.05, 3.63) is 0 Å². The van der Waals surface area contributed by atoms with Crippen LogP contribution in [0.3, 0.4) is 0 Å². The number of nitrogens with two attached hydrogens (primary N) is 1. The number of hydrogen-bond acceptors (Lipinski definition) is 5. The average molecular weight is 232 g/mol. The first-order valence-electron chi connectivity index (χ1n) is 5.15. The Morgan fingerprint density at radius 2 is 2.06 bits per heavy atom. The van der Waals surface area contributed by atoms with E-state index >= 15 is 0 Å². The summed E-state index contributed by atoms with van der Waals surface area (Å²) in [5.74, 6) is -1.35. The van der Waals surface area contributed by atoms with Gasteiger partial charge in [0.05, 0.1) is 6.61 Å². The monoisotopic (exact) mass is 232 g/mol. The van der Waals surface area contributed by atoms with Crippen molar-refractivity contribution in [3.8, 4) is 0 Å². The maximum absolute atomic E-state index is 11.4. The quantitative estimate of drug-likeness (QED) is 0.403. The highest BCUT2D eigenvalue weighted by molar-refractivity contribution is 6.01. The van der Waals surface area contributed by atoms with Crippen LogP contribution in [0.1, 0.15) is 20.8 Å². The maximum atomic E-state index is 11.4. The van der Waals surface area contributed by atoms with Gasteiger partial charge in [0.1, 0.15) is 0 Å². The molecule has 0 aromatic carbocycles. The highest BCUT2D eigenvalue weighted by atomic mass is 16.5. The van der Waals surface area contributed by atoms with Crippen molar-refractivity contribution >= 4 is 11.9 Å². The Balaban J connectivity index is 4.11. The summed E-state index contributed by atoms with van der Waals surface area (Å²) in [6.07, 6.45) is 0. The number of nitrogens with one attached hydrogen (secondary N) is 1. The predicted molar refractivity (Wildman–Crippen MR) is 58.5 cm³/mol. The average Bonchev–Trinajstić information content (AvgIpc) is 2.25. The summed E-state index contributed by atoms with van der Waals surface area (Å²) < 4.78 is 4.61. The van der Waals surface area contributed by atoms with E-state index in [2.05, 4.69) is 10.1 Å². The van der Waals surface area contributed by atoms with E-state index in [1.54, 1.807) is 20.8 Å². The van der Waals surface area contributed by atoms with E-state index in [4.69, 9.17) is 10.8 Å². The van der Waals surface area contributed by atoms with E-state index in [-0.39, 0.29) is 19.8 Å². The second-order valence-corrected chi connectivity index (χ2v) is 4.27. The molecule has 1 unspecified atom stereocenters. The molecular weight excluding hydrogens is 212 g/mol. The normalized spacial score (nSPS) is 13.1. The van der Waals surface area contributed by atoms with Crippen LogP contribution >= 0.6 is 0 Å². The van der Waals surface area contributed by atoms with Gasteiger partial charge in [-0.15, -0.1) is 0 Å². The van der Waals surface area contributed by atoms with Gasteiger partial charge in [0, 0.05) is 18.6 Å². The smallest absolute Gasteiger partial charge is 0.332 e. The molecule has 94 valence electrons. The molecule has 16 heavy (non-hydrogen) atoms. The molecule has 0 bridgehead atoms. The Morgan fingerprint density at radius 3 is 2.50 bits per heavy atom. The number of rotatable bonds is 6. The van der Waals surface area contributed by atoms with Crippen LogP contribution in [-0.4, -0.2) is 42.8 Å². The van der Waals surface area contributed by atoms with E-state index in [1.807, 2.05) is 0 Å². The number of amides is 1. The SMILES string of the molecule is CCOC(=O)C(N)C(=O)NCC(C)(C)CO. The molecular formula is C10H20N2O4. The first-order valence-corrected chi connectivity index (χ1v) is 5.15. The van der Waals surface area contributed by atoms with Crippen LogP contribution in [-0.2, 0) is 14.3 Å². The molecule has 6 heteroatoms. The minimum Gasteiger partial charge on any atom is -0.464 e. The van der Waals surface area contributed by atoms with Crippen molar-refractivity contribution in [2.45, 2.75) is 26.8 Å². The lowest BCUT2D eigenvalue weighted by molar-refractivity contribution is -0.148. The van der Waals surface area contributed by atoms with Crippen molar-refractivity contribution in [1.82, 2.24) is 5.32 Å². The van der Waals surface area contributed by atoms with Crippen molar-refractivity contribution in [1.29, 1.82) is 0 Å². The lowest BCUT2D eigenvalue weighted by Gasteiger charge is -2.22. The third kappa shape index (κ3) is 5.09. The standard InChI is InChI=1S/C10H20N2O4/c1-4-16-9(15)7(11)8(14)12-5-10(2,3)6-13/h7,13H,4-6,11H2,1-3H3,(H,12,14). The Morgan fingerprint density at radius 1 is 1.50 bits per heavy atom. The molecule has 0 aliphatic rings. The fourth-order valence-electron chi connectivity index (χ4n) is 0.831. The first kappa shape index (κ1) is 14.9. The van der Waals surface area contributed by atoms with Crippen LogP contribution in [0.25, 0.3) is 0 Å². The van der Waals surface area contributed by atoms with Gasteiger partial charge in [0.15, 0.2) is 6.04 Å². The first-order chi connectivity index (χ1) is 7.34. The molecule has 1 amide bonds. The minimum atomic E-state index is -1.31. The molecule has 0 aliphatic heterocycles. The summed E-state index contributed by atoms with van der Waals surface area (Å²) in [4.78, 5) is 22.5. The summed E-state index contributed by atoms with van der Waals surface area (Å²) in [6, 6.07) is -1.31. The summed E-state index contributed by atoms with van der Waals surface area (Å²) in [5.41, 5.74) is 4.93. The van der Waals surface area contributed by atoms with Gasteiger partial charge in [-0.2, -0.15) is 0 Å². The van der Waals surface area contributed by atoms with Crippen LogP contribution in [0.4, 0.5) is 0 Å². The second-order valence-electron chi connectivity index (χ2n) is 4.27. The number of aliphatic hydroxyl groups excluding tert-OH is 1. The number of carbonyl (C=O) groups is 2. The summed E-state index contributed by atoms with van der Waals surface area (Å²) in [7, 11) is 0. The molecule has 0 heterocycles. The molecule has 0 aromatic rings. The van der Waals surface area contributed by atoms with E-state index in [0.717, 1.165) is 0 Å². The van der Waals surface area contributed by atoms with Crippen molar-refractivity contribution in [2.75, 3.05) is 19.8 Å². The Labute approximate surface area is 95.1 Å². The van der Waals surface area contributed by atoms with Gasteiger partial charge in [0.25, 0.3) is 0 Å². The van der Waals surface area contributed by atoms with Crippen molar-refractivity contribution in [3.63, 3.8) is 0 Å². The van der Waals surface area contributed by atoms with E-state index in [9.17, 15) is 9.59 Å². The third-order valence-electron chi connectivity index (χ3n) is 1.99. The second kappa shape index (κ2) is 6.44. The van der Waals surface area contributed by atoms with Crippen LogP contribution in [0, 0.1) is 5.41 Å². The van der Waals surface area contributed by atoms with Crippen molar-refractivity contribution in [2.24, 2.45) is 11.1 Å². The number of carbonyl (C=O) groups excluding carboxylic acids is 2. The zero-order chi connectivity index (χ0) is 12.8. The van der Waals surface area contributed by atoms with Gasteiger partial charge in [-0.3, -0.25) is 4.79 Å². The van der Waals surface area contributed by atoms with E-state index in [1.165, 1.54) is 0 Å². The molecule has 1 atom stereocenters. The molecule has 0 aromatic heterocycles. The number of aliphatic hydroxyl groups is 1. The van der Waals surface area contributed by atoms with Gasteiger partial charge < -0.3 is 20.9 Å². The third-order valence-corrected chi connectivity index (χ3v) is 1.99. The van der Waals surface area contributed by atoms with Gasteiger partial charge >= 0.3 is 5.97 Å². The molecule has 4 N–H and O–H groups in total. The Bertz CT molecular complexity index is 253. The summed E-state index contributed by atoms with van der Waals surface area (Å²) >= 11 is 0. The largest absolute Gasteiger partial charge is 0.464 e. The highest BCUT2D eigenvalue weighted by Crippen LogP contribution is 2.10. The van der Waals surface area contributed by atoms with Gasteiger partial charge in [-0.05, 0) is 6.92 Å². The molecule has 0 saturated heterocycles. The van der Waals surface area contributed by atoms with Gasteiger partial charge in [0.2, 0.25) is 5.91 Å². The van der Waals surface area contributed by atoms with E-state index < -0.39 is 23.3 Å². The van der Waals surface area contributed by atoms with Gasteiger partial charge in [-0.1, -0.05) is 13.8 Å². The Hall–Kier alpha value is -1.14. The minimum absolute atomic E-state index is 0.0675. The summed E-state index contributed by atoms with van der Waals surface area (Å²) in [6.45, 7) is 5.56. The molecule has 0 spiro atoms. The molecule has 6 nitrogen and oxygen atoms in total. The maximum Gasteiger partial charge on any atom is 0.332 e. The van der Waals surface area contributed by atoms with Gasteiger partial charge in [-0.25, -0.2) is 4.79 Å². The highest BCUT2D eigenvalue weighted by Gasteiger charge is 2.25. The molecule has 0 saturated carbocycles. The molecule has 0 fully saturated rings. The number of hydrogen-bond donors (Lipinski definition) is 3. The zero-order valence-electron chi connectivity index (χ0n) is 9.95. The summed E-state index contributed by atoms with van der Waals surface area (Å²) in [5, 5.41) is 11.5. The lowest BCUT2D eigenvalue weighted by Crippen LogP contribution is -2.49. The fraction of sp³-hybridized carbons (Fsp3) is 0.800. The zero-order valence-corrected chi connectivity index (χ0v) is 9.95. The van der Waals surface area contributed by atoms with Crippen molar-refractivity contribution < 1.29 is 19.4 Å². The lowest BCUT2D eigenvalue weighted by atomic mass is 9.95. The fourth-order valence-corrected chi connectivity index (χ4v) is 0.831. The number of esters is 1. The Kier molecular flexibility index (Phi) is 5.98. The van der Waals surface area contributed by atoms with Crippen LogP contribution in [0.5, 0.6) is 0 Å². The van der Waals surface area contributed by atoms with E-state index in [0.29, 0.717) is 0 Å². The number of ether oxygens (including phenoxy) is 1. The topological polar surface area (TPSA) is 102 Å². The van der Waals surface area contributed by atoms with Crippen LogP contribution in [0.15, 0.2) is 0 Å². The van der Waals surface area contributed by atoms with Crippen LogP contribution in [0.2, 0.25) is 0 Å². The molecule has 0 rings (SSSR count). The van der Waals surface area contributed by atoms with Crippen LogP contribution < -0.4 is 11.1 Å². The molecule has 0 aliphatic carbocycles. The molecule has 0 radical (unpaired) electrons. The predicted octanol–water partition coefficient (Wildman–Crippen LogP) is -0.988.